The van der Waals surface area contributed by atoms with Crippen LogP contribution in [0.15, 0.2) is 0 Å². The monoisotopic (exact) mass is 154 g/mol. The highest BCUT2D eigenvalue weighted by Crippen LogP contribution is 2.55. The van der Waals surface area contributed by atoms with Gasteiger partial charge in [0.25, 0.3) is 0 Å². The molecule has 2 fully saturated rings. The SMILES string of the molecule is O=C(O)C(=O)C1CCC2CC21. The first-order valence-electron chi connectivity index (χ1n) is 3.97. The Balaban J connectivity index is 2.05. The van der Waals surface area contributed by atoms with Crippen molar-refractivity contribution in [1.29, 1.82) is 0 Å². The molecule has 2 aliphatic carbocycles. The van der Waals surface area contributed by atoms with Crippen LogP contribution >= 0.6 is 0 Å². The molecular formula is C8H10O3. The van der Waals surface area contributed by atoms with Crippen LogP contribution in [0.5, 0.6) is 0 Å². The molecule has 0 aromatic heterocycles. The number of aliphatic carboxylic acids is 1. The summed E-state index contributed by atoms with van der Waals surface area (Å²) in [6, 6.07) is 0. The van der Waals surface area contributed by atoms with E-state index in [1.807, 2.05) is 0 Å². The van der Waals surface area contributed by atoms with Gasteiger partial charge < -0.3 is 5.11 Å². The van der Waals surface area contributed by atoms with Gasteiger partial charge in [0, 0.05) is 5.92 Å². The third-order valence-electron chi connectivity index (χ3n) is 2.89. The molecule has 3 unspecified atom stereocenters. The van der Waals surface area contributed by atoms with Crippen molar-refractivity contribution >= 4 is 11.8 Å². The van der Waals surface area contributed by atoms with Crippen molar-refractivity contribution < 1.29 is 14.7 Å². The maximum Gasteiger partial charge on any atom is 0.372 e. The molecule has 0 bridgehead atoms. The minimum atomic E-state index is -1.25. The summed E-state index contributed by atoms with van der Waals surface area (Å²) in [5.74, 6) is -0.836. The second kappa shape index (κ2) is 2.06. The largest absolute Gasteiger partial charge is 0.475 e. The lowest BCUT2D eigenvalue weighted by atomic mass is 9.98. The molecule has 0 spiro atoms. The molecule has 11 heavy (non-hydrogen) atoms. The molecular weight excluding hydrogens is 144 g/mol. The van der Waals surface area contributed by atoms with E-state index in [1.54, 1.807) is 0 Å². The fraction of sp³-hybridized carbons (Fsp3) is 0.750. The van der Waals surface area contributed by atoms with Crippen LogP contribution in [0.3, 0.4) is 0 Å². The Morgan fingerprint density at radius 3 is 2.36 bits per heavy atom. The molecule has 0 aromatic carbocycles. The molecule has 2 aliphatic rings. The predicted octanol–water partition coefficient (Wildman–Crippen LogP) is 0.686. The van der Waals surface area contributed by atoms with Gasteiger partial charge in [0.05, 0.1) is 0 Å². The van der Waals surface area contributed by atoms with E-state index >= 15 is 0 Å². The number of carbonyl (C=O) groups is 2. The van der Waals surface area contributed by atoms with Crippen molar-refractivity contribution in [2.24, 2.45) is 17.8 Å². The van der Waals surface area contributed by atoms with Crippen LogP contribution in [0.2, 0.25) is 0 Å². The number of Topliss-reactive ketones (excluding diaryl/α,β-unsaturated/α-hetero) is 1. The Morgan fingerprint density at radius 2 is 2.00 bits per heavy atom. The average Bonchev–Trinajstić information content (AvgIpc) is 2.62. The third-order valence-corrected chi connectivity index (χ3v) is 2.89. The Morgan fingerprint density at radius 1 is 1.27 bits per heavy atom. The molecule has 3 nitrogen and oxygen atoms in total. The summed E-state index contributed by atoms with van der Waals surface area (Å²) in [5.41, 5.74) is 0. The zero-order valence-electron chi connectivity index (χ0n) is 6.12. The zero-order valence-corrected chi connectivity index (χ0v) is 6.12. The van der Waals surface area contributed by atoms with Gasteiger partial charge in [-0.25, -0.2) is 4.79 Å². The van der Waals surface area contributed by atoms with Gasteiger partial charge in [-0.1, -0.05) is 0 Å². The van der Waals surface area contributed by atoms with Crippen LogP contribution < -0.4 is 0 Å². The van der Waals surface area contributed by atoms with Crippen molar-refractivity contribution in [3.63, 3.8) is 0 Å². The fourth-order valence-corrected chi connectivity index (χ4v) is 2.19. The highest BCUT2D eigenvalue weighted by Gasteiger charge is 2.51. The van der Waals surface area contributed by atoms with Crippen molar-refractivity contribution in [1.82, 2.24) is 0 Å². The third kappa shape index (κ3) is 0.951. The number of hydrogen-bond donors (Lipinski definition) is 1. The minimum absolute atomic E-state index is 0.141. The normalized spacial score (nSPS) is 39.8. The number of fused-ring (bicyclic) bond motifs is 1. The Kier molecular flexibility index (Phi) is 1.28. The van der Waals surface area contributed by atoms with E-state index in [-0.39, 0.29) is 5.92 Å². The van der Waals surface area contributed by atoms with Gasteiger partial charge in [-0.15, -0.1) is 0 Å². The maximum atomic E-state index is 11.0. The Bertz CT molecular complexity index is 221. The summed E-state index contributed by atoms with van der Waals surface area (Å²) in [6.07, 6.45) is 2.96. The van der Waals surface area contributed by atoms with Gasteiger partial charge in [0.2, 0.25) is 5.78 Å². The molecule has 60 valence electrons. The van der Waals surface area contributed by atoms with Crippen LogP contribution in [-0.4, -0.2) is 16.9 Å². The van der Waals surface area contributed by atoms with E-state index in [2.05, 4.69) is 0 Å². The van der Waals surface area contributed by atoms with Crippen LogP contribution in [0.25, 0.3) is 0 Å². The number of carbonyl (C=O) groups excluding carboxylic acids is 1. The van der Waals surface area contributed by atoms with Crippen LogP contribution in [0.1, 0.15) is 19.3 Å². The molecule has 2 rings (SSSR count). The summed E-state index contributed by atoms with van der Waals surface area (Å²) >= 11 is 0. The van der Waals surface area contributed by atoms with Crippen molar-refractivity contribution in [3.8, 4) is 0 Å². The predicted molar refractivity (Wildman–Crippen MR) is 37.0 cm³/mol. The van der Waals surface area contributed by atoms with E-state index in [0.717, 1.165) is 19.3 Å². The van der Waals surface area contributed by atoms with E-state index < -0.39 is 11.8 Å². The lowest BCUT2D eigenvalue weighted by Crippen LogP contribution is -2.23. The number of carboxylic acids is 1. The first-order chi connectivity index (χ1) is 5.20. The van der Waals surface area contributed by atoms with Crippen LogP contribution in [-0.2, 0) is 9.59 Å². The quantitative estimate of drug-likeness (QED) is 0.595. The molecule has 0 saturated heterocycles. The van der Waals surface area contributed by atoms with Gasteiger partial charge in [-0.05, 0) is 31.1 Å². The molecule has 2 saturated carbocycles. The average molecular weight is 154 g/mol. The van der Waals surface area contributed by atoms with Crippen molar-refractivity contribution in [2.45, 2.75) is 19.3 Å². The van der Waals surface area contributed by atoms with Crippen molar-refractivity contribution in [3.05, 3.63) is 0 Å². The molecule has 0 aromatic rings. The summed E-state index contributed by atoms with van der Waals surface area (Å²) in [6.45, 7) is 0. The van der Waals surface area contributed by atoms with Gasteiger partial charge in [0.1, 0.15) is 0 Å². The first kappa shape index (κ1) is 6.83. The number of hydrogen-bond acceptors (Lipinski definition) is 2. The van der Waals surface area contributed by atoms with Gasteiger partial charge in [0.15, 0.2) is 0 Å². The number of carboxylic acid groups (broad SMARTS) is 1. The summed E-state index contributed by atoms with van der Waals surface area (Å²) in [5, 5.41) is 8.43. The van der Waals surface area contributed by atoms with Crippen molar-refractivity contribution in [2.75, 3.05) is 0 Å². The zero-order chi connectivity index (χ0) is 8.01. The van der Waals surface area contributed by atoms with E-state index in [9.17, 15) is 9.59 Å². The lowest BCUT2D eigenvalue weighted by molar-refractivity contribution is -0.151. The fourth-order valence-electron chi connectivity index (χ4n) is 2.19. The van der Waals surface area contributed by atoms with Crippen LogP contribution in [0.4, 0.5) is 0 Å². The summed E-state index contributed by atoms with van der Waals surface area (Å²) in [7, 11) is 0. The molecule has 1 N–H and O–H groups in total. The second-order valence-electron chi connectivity index (χ2n) is 3.51. The Hall–Kier alpha value is -0.860. The topological polar surface area (TPSA) is 54.4 Å². The summed E-state index contributed by atoms with van der Waals surface area (Å²) < 4.78 is 0. The van der Waals surface area contributed by atoms with E-state index in [1.165, 1.54) is 0 Å². The standard InChI is InChI=1S/C8H10O3/c9-7(8(10)11)5-2-1-4-3-6(4)5/h4-6H,1-3H2,(H,10,11). The van der Waals surface area contributed by atoms with E-state index in [4.69, 9.17) is 5.11 Å². The number of rotatable bonds is 2. The lowest BCUT2D eigenvalue weighted by Gasteiger charge is -2.04. The summed E-state index contributed by atoms with van der Waals surface area (Å²) in [4.78, 5) is 21.3. The smallest absolute Gasteiger partial charge is 0.372 e. The molecule has 3 heteroatoms. The molecule has 0 amide bonds. The maximum absolute atomic E-state index is 11.0. The molecule has 0 radical (unpaired) electrons. The first-order valence-corrected chi connectivity index (χ1v) is 3.97. The second-order valence-corrected chi connectivity index (χ2v) is 3.51. The highest BCUT2D eigenvalue weighted by atomic mass is 16.4. The minimum Gasteiger partial charge on any atom is -0.475 e. The van der Waals surface area contributed by atoms with E-state index in [0.29, 0.717) is 11.8 Å². The van der Waals surface area contributed by atoms with Crippen LogP contribution in [0, 0.1) is 17.8 Å². The molecule has 0 aliphatic heterocycles. The Labute approximate surface area is 64.4 Å². The molecule has 3 atom stereocenters. The van der Waals surface area contributed by atoms with Gasteiger partial charge in [-0.3, -0.25) is 4.79 Å². The van der Waals surface area contributed by atoms with Gasteiger partial charge >= 0.3 is 5.97 Å². The molecule has 0 heterocycles. The number of ketones is 1. The van der Waals surface area contributed by atoms with Gasteiger partial charge in [-0.2, -0.15) is 0 Å². The highest BCUT2D eigenvalue weighted by molar-refractivity contribution is 6.33.